The monoisotopic (exact) mass is 539 g/mol. The number of Topliss-reactive ketones (excluding diaryl/α,β-unsaturated/α-hetero) is 1. The summed E-state index contributed by atoms with van der Waals surface area (Å²) in [6.45, 7) is 7.96. The van der Waals surface area contributed by atoms with Crippen LogP contribution in [0.5, 0.6) is 5.75 Å². The SMILES string of the molecule is Cc1ncoc1COc1ccc2c(c1C)CCN(C[C@@H](O)CCC(=O)c1cccc(NC3COC3)c1)C2.S. The van der Waals surface area contributed by atoms with Crippen molar-refractivity contribution < 1.29 is 23.8 Å². The van der Waals surface area contributed by atoms with Crippen LogP contribution < -0.4 is 10.1 Å². The fourth-order valence-corrected chi connectivity index (χ4v) is 4.97. The van der Waals surface area contributed by atoms with Crippen LogP contribution in [-0.2, 0) is 24.3 Å². The highest BCUT2D eigenvalue weighted by atomic mass is 32.1. The maximum Gasteiger partial charge on any atom is 0.181 e. The molecule has 1 fully saturated rings. The molecule has 9 heteroatoms. The van der Waals surface area contributed by atoms with E-state index >= 15 is 0 Å². The predicted octanol–water partition coefficient (Wildman–Crippen LogP) is 4.18. The summed E-state index contributed by atoms with van der Waals surface area (Å²) in [7, 11) is 0. The standard InChI is InChI=1S/C29H35N3O5.H2S/c1-19-26-10-11-32(13-22(26)6-9-28(19)36-17-29-20(2)30-18-37-29)14-25(33)7-8-27(34)21-4-3-5-23(12-21)31-24-15-35-16-24;/h3-6,9,12,18,24-25,31,33H,7-8,10-11,13-17H2,1-2H3;1H2/t25-;/m0./s1. The number of anilines is 1. The Kier molecular flexibility index (Phi) is 9.49. The highest BCUT2D eigenvalue weighted by Gasteiger charge is 2.23. The smallest absolute Gasteiger partial charge is 0.181 e. The van der Waals surface area contributed by atoms with Crippen molar-refractivity contribution >= 4 is 25.0 Å². The van der Waals surface area contributed by atoms with Crippen molar-refractivity contribution in [3.63, 3.8) is 0 Å². The molecule has 0 bridgehead atoms. The van der Waals surface area contributed by atoms with Crippen LogP contribution in [0.3, 0.4) is 0 Å². The minimum Gasteiger partial charge on any atom is -0.485 e. The Morgan fingerprint density at radius 2 is 2.11 bits per heavy atom. The molecule has 0 saturated carbocycles. The zero-order valence-electron chi connectivity index (χ0n) is 22.0. The second-order valence-electron chi connectivity index (χ2n) is 10.0. The van der Waals surface area contributed by atoms with Gasteiger partial charge < -0.3 is 24.3 Å². The summed E-state index contributed by atoms with van der Waals surface area (Å²) >= 11 is 0. The van der Waals surface area contributed by atoms with E-state index in [-0.39, 0.29) is 19.3 Å². The Labute approximate surface area is 230 Å². The molecule has 2 aliphatic heterocycles. The maximum atomic E-state index is 12.7. The number of carbonyl (C=O) groups excluding carboxylic acids is 1. The summed E-state index contributed by atoms with van der Waals surface area (Å²) < 4.78 is 16.6. The molecule has 3 aromatic rings. The van der Waals surface area contributed by atoms with E-state index in [0.29, 0.717) is 50.8 Å². The van der Waals surface area contributed by atoms with Gasteiger partial charge in [-0.1, -0.05) is 18.2 Å². The number of aromatic nitrogens is 1. The molecule has 0 spiro atoms. The highest BCUT2D eigenvalue weighted by Crippen LogP contribution is 2.30. The quantitative estimate of drug-likeness (QED) is 0.351. The van der Waals surface area contributed by atoms with Gasteiger partial charge in [0.1, 0.15) is 12.4 Å². The van der Waals surface area contributed by atoms with Crippen LogP contribution in [0.2, 0.25) is 0 Å². The van der Waals surface area contributed by atoms with Crippen molar-refractivity contribution in [3.8, 4) is 5.75 Å². The Morgan fingerprint density at radius 1 is 1.26 bits per heavy atom. The van der Waals surface area contributed by atoms with Crippen LogP contribution in [0.1, 0.15) is 51.3 Å². The van der Waals surface area contributed by atoms with Crippen LogP contribution in [-0.4, -0.2) is 59.2 Å². The fourth-order valence-electron chi connectivity index (χ4n) is 4.97. The summed E-state index contributed by atoms with van der Waals surface area (Å²) in [5.41, 5.74) is 6.18. The number of ether oxygens (including phenoxy) is 2. The van der Waals surface area contributed by atoms with Gasteiger partial charge in [-0.05, 0) is 61.6 Å². The van der Waals surface area contributed by atoms with Crippen molar-refractivity contribution in [3.05, 3.63) is 76.5 Å². The number of aliphatic hydroxyl groups excluding tert-OH is 1. The van der Waals surface area contributed by atoms with Gasteiger partial charge in [0.05, 0.1) is 31.1 Å². The molecule has 2 N–H and O–H groups in total. The van der Waals surface area contributed by atoms with Crippen LogP contribution in [0, 0.1) is 13.8 Å². The molecule has 204 valence electrons. The molecule has 2 aliphatic rings. The first-order valence-corrected chi connectivity index (χ1v) is 13.0. The number of fused-ring (bicyclic) bond motifs is 1. The average Bonchev–Trinajstić information content (AvgIpc) is 3.29. The Bertz CT molecular complexity index is 1240. The topological polar surface area (TPSA) is 97.1 Å². The summed E-state index contributed by atoms with van der Waals surface area (Å²) in [5, 5.41) is 14.1. The summed E-state index contributed by atoms with van der Waals surface area (Å²) in [4.78, 5) is 19.1. The molecule has 5 rings (SSSR count). The molecule has 0 amide bonds. The number of rotatable bonds is 11. The van der Waals surface area contributed by atoms with Crippen molar-refractivity contribution in [1.82, 2.24) is 9.88 Å². The van der Waals surface area contributed by atoms with Crippen molar-refractivity contribution in [2.24, 2.45) is 0 Å². The molecular weight excluding hydrogens is 502 g/mol. The first-order valence-electron chi connectivity index (χ1n) is 13.0. The number of carbonyl (C=O) groups is 1. The minimum absolute atomic E-state index is 0. The lowest BCUT2D eigenvalue weighted by Crippen LogP contribution is -2.40. The van der Waals surface area contributed by atoms with Gasteiger partial charge in [0.25, 0.3) is 0 Å². The van der Waals surface area contributed by atoms with Crippen LogP contribution >= 0.6 is 13.5 Å². The van der Waals surface area contributed by atoms with E-state index in [0.717, 1.165) is 48.0 Å². The van der Waals surface area contributed by atoms with E-state index in [1.807, 2.05) is 37.3 Å². The van der Waals surface area contributed by atoms with E-state index in [9.17, 15) is 9.90 Å². The van der Waals surface area contributed by atoms with Gasteiger partial charge in [-0.2, -0.15) is 13.5 Å². The third-order valence-electron chi connectivity index (χ3n) is 7.29. The Balaban J connectivity index is 0.00000336. The molecule has 0 aliphatic carbocycles. The van der Waals surface area contributed by atoms with Gasteiger partial charge in [0.15, 0.2) is 17.9 Å². The molecule has 0 unspecified atom stereocenters. The van der Waals surface area contributed by atoms with Gasteiger partial charge in [-0.25, -0.2) is 4.98 Å². The van der Waals surface area contributed by atoms with Gasteiger partial charge >= 0.3 is 0 Å². The molecule has 1 saturated heterocycles. The lowest BCUT2D eigenvalue weighted by atomic mass is 9.94. The summed E-state index contributed by atoms with van der Waals surface area (Å²) in [6.07, 6.45) is 2.56. The second kappa shape index (κ2) is 12.8. The van der Waals surface area contributed by atoms with Crippen LogP contribution in [0.4, 0.5) is 5.69 Å². The van der Waals surface area contributed by atoms with E-state index < -0.39 is 6.10 Å². The number of hydrogen-bond donors (Lipinski definition) is 2. The summed E-state index contributed by atoms with van der Waals surface area (Å²) in [6, 6.07) is 12.0. The number of oxazole rings is 1. The first-order chi connectivity index (χ1) is 18.0. The maximum absolute atomic E-state index is 12.7. The number of nitrogens with one attached hydrogen (secondary N) is 1. The van der Waals surface area contributed by atoms with Gasteiger partial charge in [0, 0.05) is 37.3 Å². The van der Waals surface area contributed by atoms with Crippen molar-refractivity contribution in [1.29, 1.82) is 0 Å². The highest BCUT2D eigenvalue weighted by molar-refractivity contribution is 7.59. The van der Waals surface area contributed by atoms with E-state index in [1.165, 1.54) is 17.5 Å². The van der Waals surface area contributed by atoms with Crippen LogP contribution in [0.25, 0.3) is 0 Å². The number of nitrogens with zero attached hydrogens (tertiary/aromatic N) is 2. The molecule has 2 aromatic carbocycles. The van der Waals surface area contributed by atoms with E-state index in [2.05, 4.69) is 28.2 Å². The number of aliphatic hydroxyl groups is 1. The summed E-state index contributed by atoms with van der Waals surface area (Å²) in [5.74, 6) is 1.66. The number of benzene rings is 2. The Morgan fingerprint density at radius 3 is 2.84 bits per heavy atom. The minimum atomic E-state index is -0.548. The molecule has 8 nitrogen and oxygen atoms in total. The lowest BCUT2D eigenvalue weighted by molar-refractivity contribution is 0.0211. The van der Waals surface area contributed by atoms with Gasteiger partial charge in [-0.3, -0.25) is 9.69 Å². The second-order valence-corrected chi connectivity index (χ2v) is 10.0. The lowest BCUT2D eigenvalue weighted by Gasteiger charge is -2.31. The zero-order chi connectivity index (χ0) is 25.8. The third kappa shape index (κ3) is 6.77. The largest absolute Gasteiger partial charge is 0.485 e. The fraction of sp³-hybridized carbons (Fsp3) is 0.448. The van der Waals surface area contributed by atoms with Crippen LogP contribution in [0.15, 0.2) is 47.2 Å². The van der Waals surface area contributed by atoms with Gasteiger partial charge in [-0.15, -0.1) is 0 Å². The average molecular weight is 540 g/mol. The normalized spacial score (nSPS) is 16.2. The molecule has 3 heterocycles. The zero-order valence-corrected chi connectivity index (χ0v) is 23.0. The first kappa shape index (κ1) is 28.2. The third-order valence-corrected chi connectivity index (χ3v) is 7.29. The van der Waals surface area contributed by atoms with Crippen molar-refractivity contribution in [2.75, 3.05) is 31.6 Å². The number of aryl methyl sites for hydroxylation is 1. The van der Waals surface area contributed by atoms with E-state index in [4.69, 9.17) is 13.9 Å². The molecule has 1 aromatic heterocycles. The Hall–Kier alpha value is -2.85. The molecule has 1 atom stereocenters. The van der Waals surface area contributed by atoms with Crippen molar-refractivity contribution in [2.45, 2.75) is 58.4 Å². The molecular formula is C29H37N3O5S. The number of hydrogen-bond acceptors (Lipinski definition) is 8. The molecule has 0 radical (unpaired) electrons. The van der Waals surface area contributed by atoms with Gasteiger partial charge in [0.2, 0.25) is 0 Å². The number of ketones is 1. The van der Waals surface area contributed by atoms with E-state index in [1.54, 1.807) is 0 Å². The molecule has 38 heavy (non-hydrogen) atoms. The predicted molar refractivity (Wildman–Crippen MR) is 150 cm³/mol. The number of β-amino-alcohol motifs (C(OH)–C–C–N with tert-alkyl or cyclic N) is 1.